The monoisotopic (exact) mass is 324 g/mol. The van der Waals surface area contributed by atoms with Gasteiger partial charge in [0.2, 0.25) is 0 Å². The SMILES string of the molecule is O=S(=O)(CCCO)[C@@H](c1ccccc1)c1ccc(Cl)cc1. The van der Waals surface area contributed by atoms with Crippen LogP contribution in [0.15, 0.2) is 54.6 Å². The van der Waals surface area contributed by atoms with Crippen LogP contribution in [0.4, 0.5) is 0 Å². The van der Waals surface area contributed by atoms with Gasteiger partial charge in [0, 0.05) is 11.6 Å². The largest absolute Gasteiger partial charge is 0.396 e. The first kappa shape index (κ1) is 16.0. The van der Waals surface area contributed by atoms with E-state index in [1.54, 1.807) is 36.4 Å². The van der Waals surface area contributed by atoms with Crippen molar-refractivity contribution in [2.24, 2.45) is 0 Å². The Labute approximate surface area is 130 Å². The van der Waals surface area contributed by atoms with Gasteiger partial charge in [0.05, 0.1) is 5.75 Å². The van der Waals surface area contributed by atoms with E-state index in [2.05, 4.69) is 0 Å². The summed E-state index contributed by atoms with van der Waals surface area (Å²) in [5, 5.41) is 8.74. The van der Waals surface area contributed by atoms with E-state index in [1.165, 1.54) is 0 Å². The van der Waals surface area contributed by atoms with Crippen LogP contribution in [0, 0.1) is 0 Å². The number of sulfone groups is 1. The smallest absolute Gasteiger partial charge is 0.161 e. The van der Waals surface area contributed by atoms with Crippen LogP contribution >= 0.6 is 11.6 Å². The molecular formula is C16H17ClO3S. The van der Waals surface area contributed by atoms with Crippen molar-refractivity contribution in [1.82, 2.24) is 0 Å². The molecule has 0 aromatic heterocycles. The molecule has 3 nitrogen and oxygen atoms in total. The molecule has 0 aliphatic rings. The first-order valence-electron chi connectivity index (χ1n) is 6.67. The Morgan fingerprint density at radius 3 is 2.10 bits per heavy atom. The normalized spacial score (nSPS) is 13.0. The van der Waals surface area contributed by atoms with Crippen LogP contribution in [0.5, 0.6) is 0 Å². The van der Waals surface area contributed by atoms with E-state index in [0.29, 0.717) is 10.6 Å². The maximum atomic E-state index is 12.6. The number of aliphatic hydroxyl groups is 1. The minimum atomic E-state index is -3.41. The molecule has 0 heterocycles. The highest BCUT2D eigenvalue weighted by Gasteiger charge is 2.28. The number of hydrogen-bond acceptors (Lipinski definition) is 3. The van der Waals surface area contributed by atoms with Crippen molar-refractivity contribution in [1.29, 1.82) is 0 Å². The molecule has 0 saturated heterocycles. The number of halogens is 1. The lowest BCUT2D eigenvalue weighted by atomic mass is 10.0. The number of benzene rings is 2. The molecule has 0 radical (unpaired) electrons. The van der Waals surface area contributed by atoms with Gasteiger partial charge in [0.15, 0.2) is 9.84 Å². The Balaban J connectivity index is 2.47. The summed E-state index contributed by atoms with van der Waals surface area (Å²) in [4.78, 5) is 0. The molecule has 0 bridgehead atoms. The van der Waals surface area contributed by atoms with Gasteiger partial charge in [-0.25, -0.2) is 8.42 Å². The van der Waals surface area contributed by atoms with E-state index in [0.717, 1.165) is 5.56 Å². The second-order valence-corrected chi connectivity index (χ2v) is 7.43. The molecule has 1 N–H and O–H groups in total. The zero-order valence-electron chi connectivity index (χ0n) is 11.4. The summed E-state index contributed by atoms with van der Waals surface area (Å²) in [5.74, 6) is -0.0499. The molecular weight excluding hydrogens is 308 g/mol. The standard InChI is InChI=1S/C16H17ClO3S/c17-15-9-7-14(8-10-15)16(13-5-2-1-3-6-13)21(19,20)12-4-11-18/h1-3,5-10,16,18H,4,11-12H2/t16-/m0/s1. The summed E-state index contributed by atoms with van der Waals surface area (Å²) in [7, 11) is -3.41. The van der Waals surface area contributed by atoms with Crippen LogP contribution in [0.3, 0.4) is 0 Å². The lowest BCUT2D eigenvalue weighted by molar-refractivity contribution is 0.295. The minimum Gasteiger partial charge on any atom is -0.396 e. The molecule has 0 aliphatic carbocycles. The van der Waals surface area contributed by atoms with Crippen molar-refractivity contribution in [2.75, 3.05) is 12.4 Å². The van der Waals surface area contributed by atoms with Gasteiger partial charge >= 0.3 is 0 Å². The zero-order valence-corrected chi connectivity index (χ0v) is 13.0. The molecule has 1 atom stereocenters. The molecule has 0 saturated carbocycles. The van der Waals surface area contributed by atoms with Crippen molar-refractivity contribution in [2.45, 2.75) is 11.7 Å². The lowest BCUT2D eigenvalue weighted by Gasteiger charge is -2.18. The van der Waals surface area contributed by atoms with E-state index in [-0.39, 0.29) is 18.8 Å². The van der Waals surface area contributed by atoms with E-state index in [4.69, 9.17) is 16.7 Å². The number of rotatable bonds is 6. The quantitative estimate of drug-likeness (QED) is 0.887. The van der Waals surface area contributed by atoms with Crippen LogP contribution < -0.4 is 0 Å². The van der Waals surface area contributed by atoms with Gasteiger partial charge in [-0.05, 0) is 29.7 Å². The number of aliphatic hydroxyl groups excluding tert-OH is 1. The van der Waals surface area contributed by atoms with Crippen LogP contribution in [-0.2, 0) is 9.84 Å². The van der Waals surface area contributed by atoms with Crippen molar-refractivity contribution >= 4 is 21.4 Å². The summed E-state index contributed by atoms with van der Waals surface area (Å²) in [6, 6.07) is 15.9. The Hall–Kier alpha value is -1.36. The first-order chi connectivity index (χ1) is 10.0. The van der Waals surface area contributed by atoms with E-state index >= 15 is 0 Å². The maximum absolute atomic E-state index is 12.6. The highest BCUT2D eigenvalue weighted by Crippen LogP contribution is 2.31. The van der Waals surface area contributed by atoms with Gasteiger partial charge in [-0.3, -0.25) is 0 Å². The topological polar surface area (TPSA) is 54.4 Å². The molecule has 0 spiro atoms. The third kappa shape index (κ3) is 4.06. The number of hydrogen-bond donors (Lipinski definition) is 1. The fourth-order valence-corrected chi connectivity index (χ4v) is 4.29. The Kier molecular flexibility index (Phi) is 5.39. The van der Waals surface area contributed by atoms with Gasteiger partial charge in [0.25, 0.3) is 0 Å². The molecule has 2 aromatic carbocycles. The van der Waals surface area contributed by atoms with Crippen molar-refractivity contribution < 1.29 is 13.5 Å². The molecule has 21 heavy (non-hydrogen) atoms. The second kappa shape index (κ2) is 7.07. The third-order valence-corrected chi connectivity index (χ3v) is 5.59. The Morgan fingerprint density at radius 1 is 0.952 bits per heavy atom. The summed E-state index contributed by atoms with van der Waals surface area (Å²) in [5.41, 5.74) is 1.40. The van der Waals surface area contributed by atoms with Gasteiger partial charge < -0.3 is 5.11 Å². The van der Waals surface area contributed by atoms with Crippen LogP contribution in [0.25, 0.3) is 0 Å². The van der Waals surface area contributed by atoms with E-state index in [9.17, 15) is 8.42 Å². The fourth-order valence-electron chi connectivity index (χ4n) is 2.26. The summed E-state index contributed by atoms with van der Waals surface area (Å²) >= 11 is 5.88. The van der Waals surface area contributed by atoms with Gasteiger partial charge in [-0.15, -0.1) is 0 Å². The highest BCUT2D eigenvalue weighted by molar-refractivity contribution is 7.91. The van der Waals surface area contributed by atoms with E-state index < -0.39 is 15.1 Å². The molecule has 112 valence electrons. The summed E-state index contributed by atoms with van der Waals surface area (Å²) < 4.78 is 25.3. The average Bonchev–Trinajstić information content (AvgIpc) is 2.48. The van der Waals surface area contributed by atoms with Gasteiger partial charge in [-0.2, -0.15) is 0 Å². The molecule has 5 heteroatoms. The van der Waals surface area contributed by atoms with Crippen LogP contribution in [-0.4, -0.2) is 25.9 Å². The average molecular weight is 325 g/mol. The van der Waals surface area contributed by atoms with Gasteiger partial charge in [0.1, 0.15) is 5.25 Å². The second-order valence-electron chi connectivity index (χ2n) is 4.79. The molecule has 0 fully saturated rings. The van der Waals surface area contributed by atoms with Crippen molar-refractivity contribution in [3.05, 3.63) is 70.7 Å². The Bertz CT molecular complexity index is 666. The predicted octanol–water partition coefficient (Wildman–Crippen LogP) is 3.23. The molecule has 0 unspecified atom stereocenters. The predicted molar refractivity (Wildman–Crippen MR) is 85.2 cm³/mol. The molecule has 2 aromatic rings. The zero-order chi connectivity index (χ0) is 15.3. The molecule has 2 rings (SSSR count). The van der Waals surface area contributed by atoms with Crippen molar-refractivity contribution in [3.63, 3.8) is 0 Å². The molecule has 0 aliphatic heterocycles. The third-order valence-electron chi connectivity index (χ3n) is 3.22. The van der Waals surface area contributed by atoms with Crippen LogP contribution in [0.1, 0.15) is 22.8 Å². The fraction of sp³-hybridized carbons (Fsp3) is 0.250. The minimum absolute atomic E-state index is 0.0499. The molecule has 0 amide bonds. The van der Waals surface area contributed by atoms with Crippen LogP contribution in [0.2, 0.25) is 5.02 Å². The van der Waals surface area contributed by atoms with Gasteiger partial charge in [-0.1, -0.05) is 54.1 Å². The van der Waals surface area contributed by atoms with Crippen molar-refractivity contribution in [3.8, 4) is 0 Å². The Morgan fingerprint density at radius 2 is 1.52 bits per heavy atom. The summed E-state index contributed by atoms with van der Waals surface area (Å²) in [6.07, 6.45) is 0.235. The highest BCUT2D eigenvalue weighted by atomic mass is 35.5. The lowest BCUT2D eigenvalue weighted by Crippen LogP contribution is -2.19. The summed E-state index contributed by atoms with van der Waals surface area (Å²) in [6.45, 7) is -0.138. The maximum Gasteiger partial charge on any atom is 0.161 e. The van der Waals surface area contributed by atoms with E-state index in [1.807, 2.05) is 18.2 Å². The first-order valence-corrected chi connectivity index (χ1v) is 8.77.